The summed E-state index contributed by atoms with van der Waals surface area (Å²) in [6, 6.07) is 8.11. The lowest BCUT2D eigenvalue weighted by molar-refractivity contribution is -0.0534. The van der Waals surface area contributed by atoms with Crippen molar-refractivity contribution in [1.29, 1.82) is 0 Å². The van der Waals surface area contributed by atoms with Crippen LogP contribution in [0.3, 0.4) is 0 Å². The molecule has 0 bridgehead atoms. The van der Waals surface area contributed by atoms with Gasteiger partial charge in [0, 0.05) is 50.5 Å². The van der Waals surface area contributed by atoms with Gasteiger partial charge in [-0.05, 0) is 18.6 Å². The van der Waals surface area contributed by atoms with E-state index in [9.17, 15) is 5.11 Å². The second-order valence-corrected chi connectivity index (χ2v) is 7.27. The Labute approximate surface area is 160 Å². The van der Waals surface area contributed by atoms with Gasteiger partial charge >= 0.3 is 0 Å². The summed E-state index contributed by atoms with van der Waals surface area (Å²) < 4.78 is 12.7. The number of benzene rings is 1. The first-order chi connectivity index (χ1) is 13.2. The molecular formula is C20H28N4O3. The summed E-state index contributed by atoms with van der Waals surface area (Å²) in [4.78, 5) is 4.69. The molecule has 1 N–H and O–H groups in total. The number of methoxy groups -OCH3 is 1. The predicted octanol–water partition coefficient (Wildman–Crippen LogP) is 1.15. The Bertz CT molecular complexity index is 744. The van der Waals surface area contributed by atoms with Crippen molar-refractivity contribution in [1.82, 2.24) is 19.6 Å². The lowest BCUT2D eigenvalue weighted by Gasteiger charge is -2.42. The van der Waals surface area contributed by atoms with E-state index in [0.29, 0.717) is 6.54 Å². The molecule has 2 saturated heterocycles. The number of hydrogen-bond donors (Lipinski definition) is 1. The average Bonchev–Trinajstić information content (AvgIpc) is 3.17. The van der Waals surface area contributed by atoms with E-state index in [4.69, 9.17) is 9.47 Å². The highest BCUT2D eigenvalue weighted by atomic mass is 16.5. The smallest absolute Gasteiger partial charge is 0.144 e. The largest absolute Gasteiger partial charge is 0.494 e. The van der Waals surface area contributed by atoms with Gasteiger partial charge in [-0.2, -0.15) is 5.10 Å². The monoisotopic (exact) mass is 372 g/mol. The van der Waals surface area contributed by atoms with E-state index in [2.05, 4.69) is 14.9 Å². The number of ether oxygens (including phenoxy) is 2. The van der Waals surface area contributed by atoms with Crippen molar-refractivity contribution in [2.45, 2.75) is 25.1 Å². The molecule has 0 amide bonds. The van der Waals surface area contributed by atoms with Crippen molar-refractivity contribution >= 4 is 0 Å². The number of aromatic nitrogens is 2. The summed E-state index contributed by atoms with van der Waals surface area (Å²) in [7, 11) is 1.67. The maximum atomic E-state index is 10.7. The van der Waals surface area contributed by atoms with E-state index < -0.39 is 0 Å². The molecule has 2 atom stereocenters. The molecule has 7 heteroatoms. The van der Waals surface area contributed by atoms with Crippen molar-refractivity contribution in [2.75, 3.05) is 46.5 Å². The second-order valence-electron chi connectivity index (χ2n) is 7.27. The maximum absolute atomic E-state index is 10.7. The van der Waals surface area contributed by atoms with E-state index in [1.807, 2.05) is 41.3 Å². The van der Waals surface area contributed by atoms with Crippen LogP contribution >= 0.6 is 0 Å². The molecule has 2 aliphatic rings. The molecule has 3 heterocycles. The third-order valence-electron chi connectivity index (χ3n) is 5.52. The van der Waals surface area contributed by atoms with Crippen LogP contribution in [0.1, 0.15) is 12.0 Å². The molecule has 7 nitrogen and oxygen atoms in total. The Kier molecular flexibility index (Phi) is 5.73. The van der Waals surface area contributed by atoms with Crippen molar-refractivity contribution in [3.05, 3.63) is 42.2 Å². The highest BCUT2D eigenvalue weighted by molar-refractivity contribution is 5.46. The number of para-hydroxylation sites is 2. The zero-order valence-electron chi connectivity index (χ0n) is 15.8. The Hall–Kier alpha value is -1.93. The van der Waals surface area contributed by atoms with Gasteiger partial charge < -0.3 is 14.6 Å². The Balaban J connectivity index is 1.37. The van der Waals surface area contributed by atoms with E-state index in [1.54, 1.807) is 7.11 Å². The number of morpholine rings is 1. The molecule has 1 aromatic heterocycles. The lowest BCUT2D eigenvalue weighted by atomic mass is 9.99. The van der Waals surface area contributed by atoms with Gasteiger partial charge in [0.1, 0.15) is 11.4 Å². The highest BCUT2D eigenvalue weighted by Gasteiger charge is 2.32. The van der Waals surface area contributed by atoms with Gasteiger partial charge in [0.15, 0.2) is 0 Å². The third kappa shape index (κ3) is 4.16. The van der Waals surface area contributed by atoms with Crippen molar-refractivity contribution in [3.8, 4) is 11.4 Å². The zero-order chi connectivity index (χ0) is 18.6. The SMILES string of the molecule is COc1ccccc1-n1cc(CN2CC[C@@H](N3CCOCC3)[C@H](O)C2)cn1. The Morgan fingerprint density at radius 2 is 2.04 bits per heavy atom. The molecule has 146 valence electrons. The van der Waals surface area contributed by atoms with Gasteiger partial charge in [0.05, 0.1) is 32.6 Å². The fraction of sp³-hybridized carbons (Fsp3) is 0.550. The van der Waals surface area contributed by atoms with Gasteiger partial charge in [-0.25, -0.2) is 4.68 Å². The molecule has 2 aliphatic heterocycles. The van der Waals surface area contributed by atoms with Gasteiger partial charge in [0.25, 0.3) is 0 Å². The molecule has 0 aliphatic carbocycles. The number of nitrogens with zero attached hydrogens (tertiary/aromatic N) is 4. The zero-order valence-corrected chi connectivity index (χ0v) is 15.8. The van der Waals surface area contributed by atoms with Crippen LogP contribution in [0.2, 0.25) is 0 Å². The minimum Gasteiger partial charge on any atom is -0.494 e. The van der Waals surface area contributed by atoms with Crippen LogP contribution in [-0.2, 0) is 11.3 Å². The van der Waals surface area contributed by atoms with Gasteiger partial charge in [-0.3, -0.25) is 9.80 Å². The van der Waals surface area contributed by atoms with Gasteiger partial charge in [-0.1, -0.05) is 12.1 Å². The van der Waals surface area contributed by atoms with Crippen LogP contribution in [0.25, 0.3) is 5.69 Å². The van der Waals surface area contributed by atoms with E-state index in [0.717, 1.165) is 62.8 Å². The number of aliphatic hydroxyl groups excluding tert-OH is 1. The van der Waals surface area contributed by atoms with Crippen LogP contribution in [0.4, 0.5) is 0 Å². The fourth-order valence-corrected chi connectivity index (χ4v) is 4.11. The molecule has 0 unspecified atom stereocenters. The molecule has 0 radical (unpaired) electrons. The van der Waals surface area contributed by atoms with E-state index in [-0.39, 0.29) is 12.1 Å². The summed E-state index contributed by atoms with van der Waals surface area (Å²) in [6.07, 6.45) is 4.61. The summed E-state index contributed by atoms with van der Waals surface area (Å²) in [5.41, 5.74) is 2.07. The van der Waals surface area contributed by atoms with Crippen molar-refractivity contribution in [3.63, 3.8) is 0 Å². The summed E-state index contributed by atoms with van der Waals surface area (Å²) in [5, 5.41) is 15.2. The molecular weight excluding hydrogens is 344 g/mol. The number of likely N-dealkylation sites (tertiary alicyclic amines) is 1. The Morgan fingerprint density at radius 3 is 2.81 bits per heavy atom. The van der Waals surface area contributed by atoms with Crippen LogP contribution in [0, 0.1) is 0 Å². The summed E-state index contributed by atoms with van der Waals surface area (Å²) >= 11 is 0. The normalized spacial score (nSPS) is 24.8. The standard InChI is InChI=1S/C20H28N4O3/c1-26-20-5-3-2-4-18(20)24-14-16(12-21-24)13-22-7-6-17(19(25)15-22)23-8-10-27-11-9-23/h2-5,12,14,17,19,25H,6-11,13,15H2,1H3/t17-,19-/m1/s1. The van der Waals surface area contributed by atoms with E-state index in [1.165, 1.54) is 0 Å². The Morgan fingerprint density at radius 1 is 1.22 bits per heavy atom. The van der Waals surface area contributed by atoms with Gasteiger partial charge in [-0.15, -0.1) is 0 Å². The molecule has 0 spiro atoms. The quantitative estimate of drug-likeness (QED) is 0.850. The van der Waals surface area contributed by atoms with Crippen molar-refractivity contribution in [2.24, 2.45) is 0 Å². The molecule has 2 aromatic rings. The summed E-state index contributed by atoms with van der Waals surface area (Å²) in [5.74, 6) is 0.800. The van der Waals surface area contributed by atoms with Crippen LogP contribution in [0.15, 0.2) is 36.7 Å². The van der Waals surface area contributed by atoms with Gasteiger partial charge in [0.2, 0.25) is 0 Å². The first kappa shape index (κ1) is 18.4. The topological polar surface area (TPSA) is 63.0 Å². The average molecular weight is 372 g/mol. The number of hydrogen-bond acceptors (Lipinski definition) is 6. The first-order valence-corrected chi connectivity index (χ1v) is 9.64. The fourth-order valence-electron chi connectivity index (χ4n) is 4.11. The number of aliphatic hydroxyl groups is 1. The molecule has 1 aromatic carbocycles. The van der Waals surface area contributed by atoms with Crippen LogP contribution in [-0.4, -0.2) is 83.3 Å². The molecule has 0 saturated carbocycles. The number of β-amino-alcohol motifs (C(OH)–C–C–N with tert-alkyl or cyclic N) is 1. The van der Waals surface area contributed by atoms with Crippen LogP contribution < -0.4 is 4.74 Å². The lowest BCUT2D eigenvalue weighted by Crippen LogP contribution is -2.56. The minimum atomic E-state index is -0.318. The minimum absolute atomic E-state index is 0.251. The molecule has 2 fully saturated rings. The van der Waals surface area contributed by atoms with E-state index >= 15 is 0 Å². The third-order valence-corrected chi connectivity index (χ3v) is 5.52. The number of piperidine rings is 1. The maximum Gasteiger partial charge on any atom is 0.144 e. The predicted molar refractivity (Wildman–Crippen MR) is 102 cm³/mol. The number of rotatable bonds is 5. The van der Waals surface area contributed by atoms with Crippen molar-refractivity contribution < 1.29 is 14.6 Å². The highest BCUT2D eigenvalue weighted by Crippen LogP contribution is 2.23. The summed E-state index contributed by atoms with van der Waals surface area (Å²) in [6.45, 7) is 5.87. The molecule has 4 rings (SSSR count). The second kappa shape index (κ2) is 8.39. The van der Waals surface area contributed by atoms with Crippen LogP contribution in [0.5, 0.6) is 5.75 Å². The first-order valence-electron chi connectivity index (χ1n) is 9.64. The molecule has 27 heavy (non-hydrogen) atoms.